The van der Waals surface area contributed by atoms with Gasteiger partial charge in [-0.2, -0.15) is 4.98 Å². The lowest BCUT2D eigenvalue weighted by molar-refractivity contribution is -0.126. The Morgan fingerprint density at radius 2 is 2.00 bits per heavy atom. The van der Waals surface area contributed by atoms with E-state index in [2.05, 4.69) is 36.3 Å². The molecule has 4 rings (SSSR count). The highest BCUT2D eigenvalue weighted by molar-refractivity contribution is 9.10. The van der Waals surface area contributed by atoms with Crippen molar-refractivity contribution in [2.24, 2.45) is 5.92 Å². The van der Waals surface area contributed by atoms with Crippen molar-refractivity contribution < 1.29 is 14.1 Å². The van der Waals surface area contributed by atoms with E-state index in [0.29, 0.717) is 31.4 Å². The molecule has 1 aliphatic rings. The molecule has 1 fully saturated rings. The topological polar surface area (TPSA) is 80.5 Å². The van der Waals surface area contributed by atoms with Crippen LogP contribution in [-0.4, -0.2) is 40.6 Å². The van der Waals surface area contributed by atoms with Crippen LogP contribution in [0.15, 0.2) is 57.5 Å². The number of piperidine rings is 1. The highest BCUT2D eigenvalue weighted by Gasteiger charge is 2.26. The molecule has 168 valence electrons. The number of rotatable bonds is 8. The third-order valence-corrected chi connectivity index (χ3v) is 6.09. The average Bonchev–Trinajstić information content (AvgIpc) is 3.27. The fraction of sp³-hybridized carbons (Fsp3) is 0.375. The second-order valence-corrected chi connectivity index (χ2v) is 8.78. The Labute approximate surface area is 196 Å². The molecule has 1 amide bonds. The van der Waals surface area contributed by atoms with Gasteiger partial charge in [-0.1, -0.05) is 33.2 Å². The van der Waals surface area contributed by atoms with E-state index in [1.54, 1.807) is 0 Å². The summed E-state index contributed by atoms with van der Waals surface area (Å²) in [5.74, 6) is 2.16. The third-order valence-electron chi connectivity index (χ3n) is 5.56. The van der Waals surface area contributed by atoms with Crippen molar-refractivity contribution in [1.29, 1.82) is 0 Å². The van der Waals surface area contributed by atoms with Crippen LogP contribution in [0.4, 0.5) is 0 Å². The number of likely N-dealkylation sites (tertiary alicyclic amines) is 1. The van der Waals surface area contributed by atoms with E-state index in [-0.39, 0.29) is 11.8 Å². The Morgan fingerprint density at radius 1 is 1.22 bits per heavy atom. The highest BCUT2D eigenvalue weighted by Crippen LogP contribution is 2.22. The first kappa shape index (κ1) is 22.5. The van der Waals surface area contributed by atoms with Crippen molar-refractivity contribution in [3.63, 3.8) is 0 Å². The van der Waals surface area contributed by atoms with E-state index in [4.69, 9.17) is 9.26 Å². The molecule has 1 aromatic heterocycles. The minimum Gasteiger partial charge on any atom is -0.494 e. The quantitative estimate of drug-likeness (QED) is 0.494. The van der Waals surface area contributed by atoms with Gasteiger partial charge in [0.15, 0.2) is 0 Å². The maximum atomic E-state index is 12.6. The molecule has 2 aromatic carbocycles. The summed E-state index contributed by atoms with van der Waals surface area (Å²) >= 11 is 3.43. The summed E-state index contributed by atoms with van der Waals surface area (Å²) in [4.78, 5) is 19.4. The standard InChI is InChI=1S/C24H27BrN4O3/c1-2-31-21-5-3-4-17(14-21)15-26-24(30)19-10-12-29(13-11-19)16-22-27-23(28-32-22)18-6-8-20(25)9-7-18/h3-9,14,19H,2,10-13,15-16H2,1H3,(H,26,30). The average molecular weight is 499 g/mol. The maximum Gasteiger partial charge on any atom is 0.241 e. The molecule has 0 radical (unpaired) electrons. The lowest BCUT2D eigenvalue weighted by Gasteiger charge is -2.30. The van der Waals surface area contributed by atoms with Gasteiger partial charge in [-0.3, -0.25) is 9.69 Å². The first-order valence-electron chi connectivity index (χ1n) is 10.9. The maximum absolute atomic E-state index is 12.6. The van der Waals surface area contributed by atoms with Gasteiger partial charge in [0.05, 0.1) is 13.2 Å². The van der Waals surface area contributed by atoms with Gasteiger partial charge in [0.1, 0.15) is 5.75 Å². The van der Waals surface area contributed by atoms with Crippen molar-refractivity contribution in [3.05, 3.63) is 64.5 Å². The molecule has 8 heteroatoms. The number of amides is 1. The van der Waals surface area contributed by atoms with Crippen LogP contribution in [0, 0.1) is 5.92 Å². The molecule has 0 saturated carbocycles. The smallest absolute Gasteiger partial charge is 0.241 e. The Balaban J connectivity index is 1.23. The minimum absolute atomic E-state index is 0.0299. The largest absolute Gasteiger partial charge is 0.494 e. The zero-order valence-electron chi connectivity index (χ0n) is 18.1. The van der Waals surface area contributed by atoms with Crippen LogP contribution in [0.3, 0.4) is 0 Å². The zero-order chi connectivity index (χ0) is 22.3. The SMILES string of the molecule is CCOc1cccc(CNC(=O)C2CCN(Cc3nc(-c4ccc(Br)cc4)no3)CC2)c1. The van der Waals surface area contributed by atoms with Crippen molar-refractivity contribution >= 4 is 21.8 Å². The normalized spacial score (nSPS) is 14.9. The molecule has 0 unspecified atom stereocenters. The molecule has 2 heterocycles. The molecule has 1 saturated heterocycles. The molecule has 1 N–H and O–H groups in total. The number of nitrogens with zero attached hydrogens (tertiary/aromatic N) is 3. The summed E-state index contributed by atoms with van der Waals surface area (Å²) in [5, 5.41) is 7.17. The van der Waals surface area contributed by atoms with Crippen molar-refractivity contribution in [2.45, 2.75) is 32.9 Å². The number of ether oxygens (including phenoxy) is 1. The second kappa shape index (κ2) is 10.7. The van der Waals surface area contributed by atoms with E-state index in [1.807, 2.05) is 55.5 Å². The van der Waals surface area contributed by atoms with Gasteiger partial charge in [-0.25, -0.2) is 0 Å². The first-order chi connectivity index (χ1) is 15.6. The summed E-state index contributed by atoms with van der Waals surface area (Å²) < 4.78 is 12.0. The lowest BCUT2D eigenvalue weighted by Crippen LogP contribution is -2.40. The Bertz CT molecular complexity index is 1030. The predicted octanol–water partition coefficient (Wildman–Crippen LogP) is 4.43. The van der Waals surface area contributed by atoms with Crippen LogP contribution in [-0.2, 0) is 17.9 Å². The fourth-order valence-corrected chi connectivity index (χ4v) is 4.09. The van der Waals surface area contributed by atoms with Gasteiger partial charge < -0.3 is 14.6 Å². The molecule has 3 aromatic rings. The number of nitrogens with one attached hydrogen (secondary N) is 1. The molecule has 0 atom stereocenters. The molecular formula is C24H27BrN4O3. The number of hydrogen-bond acceptors (Lipinski definition) is 6. The second-order valence-electron chi connectivity index (χ2n) is 7.87. The summed E-state index contributed by atoms with van der Waals surface area (Å²) in [5.41, 5.74) is 1.96. The van der Waals surface area contributed by atoms with Gasteiger partial charge in [-0.15, -0.1) is 0 Å². The fourth-order valence-electron chi connectivity index (χ4n) is 3.83. The van der Waals surface area contributed by atoms with Crippen LogP contribution >= 0.6 is 15.9 Å². The van der Waals surface area contributed by atoms with Crippen LogP contribution < -0.4 is 10.1 Å². The summed E-state index contributed by atoms with van der Waals surface area (Å²) in [7, 11) is 0. The number of benzene rings is 2. The van der Waals surface area contributed by atoms with E-state index in [1.165, 1.54) is 0 Å². The molecule has 0 spiro atoms. The number of hydrogen-bond donors (Lipinski definition) is 1. The van der Waals surface area contributed by atoms with Crippen molar-refractivity contribution in [1.82, 2.24) is 20.4 Å². The van der Waals surface area contributed by atoms with Gasteiger partial charge in [0, 0.05) is 22.5 Å². The van der Waals surface area contributed by atoms with Crippen molar-refractivity contribution in [2.75, 3.05) is 19.7 Å². The lowest BCUT2D eigenvalue weighted by atomic mass is 9.96. The highest BCUT2D eigenvalue weighted by atomic mass is 79.9. The van der Waals surface area contributed by atoms with E-state index < -0.39 is 0 Å². The molecule has 7 nitrogen and oxygen atoms in total. The first-order valence-corrected chi connectivity index (χ1v) is 11.7. The number of aromatic nitrogens is 2. The van der Waals surface area contributed by atoms with Crippen LogP contribution in [0.5, 0.6) is 5.75 Å². The number of carbonyl (C=O) groups is 1. The summed E-state index contributed by atoms with van der Waals surface area (Å²) in [6.07, 6.45) is 1.64. The Morgan fingerprint density at radius 3 is 2.75 bits per heavy atom. The third kappa shape index (κ3) is 5.95. The molecular weight excluding hydrogens is 472 g/mol. The Hall–Kier alpha value is -2.71. The van der Waals surface area contributed by atoms with E-state index in [0.717, 1.165) is 47.3 Å². The van der Waals surface area contributed by atoms with Gasteiger partial charge in [-0.05, 0) is 74.8 Å². The van der Waals surface area contributed by atoms with Gasteiger partial charge in [0.25, 0.3) is 0 Å². The van der Waals surface area contributed by atoms with Gasteiger partial charge >= 0.3 is 0 Å². The monoisotopic (exact) mass is 498 g/mol. The van der Waals surface area contributed by atoms with Gasteiger partial charge in [0.2, 0.25) is 17.6 Å². The summed E-state index contributed by atoms with van der Waals surface area (Å²) in [6.45, 7) is 5.36. The van der Waals surface area contributed by atoms with Crippen LogP contribution in [0.2, 0.25) is 0 Å². The molecule has 0 aliphatic carbocycles. The number of carbonyl (C=O) groups excluding carboxylic acids is 1. The number of halogens is 1. The molecule has 32 heavy (non-hydrogen) atoms. The van der Waals surface area contributed by atoms with Crippen LogP contribution in [0.1, 0.15) is 31.2 Å². The van der Waals surface area contributed by atoms with E-state index >= 15 is 0 Å². The van der Waals surface area contributed by atoms with Crippen LogP contribution in [0.25, 0.3) is 11.4 Å². The Kier molecular flexibility index (Phi) is 7.55. The van der Waals surface area contributed by atoms with E-state index in [9.17, 15) is 4.79 Å². The zero-order valence-corrected chi connectivity index (χ0v) is 19.7. The summed E-state index contributed by atoms with van der Waals surface area (Å²) in [6, 6.07) is 15.7. The van der Waals surface area contributed by atoms with Crippen molar-refractivity contribution in [3.8, 4) is 17.1 Å². The molecule has 0 bridgehead atoms. The minimum atomic E-state index is 0.0299. The molecule has 1 aliphatic heterocycles. The predicted molar refractivity (Wildman–Crippen MR) is 125 cm³/mol.